The molecular formula is C16H20N4O4. The van der Waals surface area contributed by atoms with Gasteiger partial charge in [-0.1, -0.05) is 18.6 Å². The Balaban J connectivity index is 2.21. The van der Waals surface area contributed by atoms with Crippen LogP contribution in [0, 0.1) is 6.92 Å². The van der Waals surface area contributed by atoms with Gasteiger partial charge in [-0.05, 0) is 37.6 Å². The van der Waals surface area contributed by atoms with Crippen molar-refractivity contribution in [2.24, 2.45) is 0 Å². The number of hydrogen-bond acceptors (Lipinski definition) is 5. The van der Waals surface area contributed by atoms with E-state index in [4.69, 9.17) is 9.84 Å². The van der Waals surface area contributed by atoms with Gasteiger partial charge in [-0.15, -0.1) is 5.10 Å². The molecule has 8 heteroatoms. The Bertz CT molecular complexity index is 724. The number of nitrogens with one attached hydrogen (secondary N) is 1. The van der Waals surface area contributed by atoms with Crippen LogP contribution in [0.25, 0.3) is 5.69 Å². The lowest BCUT2D eigenvalue weighted by atomic mass is 10.1. The fourth-order valence-corrected chi connectivity index (χ4v) is 2.28. The summed E-state index contributed by atoms with van der Waals surface area (Å²) < 4.78 is 6.62. The van der Waals surface area contributed by atoms with Crippen LogP contribution in [0.5, 0.6) is 5.75 Å². The molecule has 0 radical (unpaired) electrons. The molecule has 0 fully saturated rings. The molecule has 2 rings (SSSR count). The fraction of sp³-hybridized carbons (Fsp3) is 0.375. The van der Waals surface area contributed by atoms with E-state index >= 15 is 0 Å². The second-order valence-electron chi connectivity index (χ2n) is 5.29. The first-order valence-corrected chi connectivity index (χ1v) is 7.58. The summed E-state index contributed by atoms with van der Waals surface area (Å²) in [6.45, 7) is 3.56. The quantitative estimate of drug-likeness (QED) is 0.797. The van der Waals surface area contributed by atoms with Gasteiger partial charge in [-0.25, -0.2) is 9.48 Å². The summed E-state index contributed by atoms with van der Waals surface area (Å²) in [6.07, 6.45) is 1.00. The number of hydrogen-bond donors (Lipinski definition) is 2. The number of nitrogens with zero attached hydrogens (tertiary/aromatic N) is 3. The lowest BCUT2D eigenvalue weighted by Crippen LogP contribution is -2.41. The number of carboxylic acids is 1. The fourth-order valence-electron chi connectivity index (χ4n) is 2.28. The molecule has 1 amide bonds. The molecule has 0 spiro atoms. The average molecular weight is 332 g/mol. The molecule has 0 aliphatic heterocycles. The molecule has 0 bridgehead atoms. The van der Waals surface area contributed by atoms with Crippen LogP contribution in [0.3, 0.4) is 0 Å². The van der Waals surface area contributed by atoms with Crippen molar-refractivity contribution >= 4 is 11.9 Å². The van der Waals surface area contributed by atoms with E-state index in [2.05, 4.69) is 15.6 Å². The number of carboxylic acid groups (broad SMARTS) is 1. The average Bonchev–Trinajstić information content (AvgIpc) is 2.96. The maximum absolute atomic E-state index is 12.3. The van der Waals surface area contributed by atoms with Crippen molar-refractivity contribution in [1.29, 1.82) is 0 Å². The van der Waals surface area contributed by atoms with Crippen LogP contribution in [0.4, 0.5) is 0 Å². The van der Waals surface area contributed by atoms with Gasteiger partial charge in [-0.2, -0.15) is 0 Å². The minimum Gasteiger partial charge on any atom is -0.497 e. The molecule has 8 nitrogen and oxygen atoms in total. The number of aliphatic carboxylic acids is 1. The molecule has 2 aromatic rings. The van der Waals surface area contributed by atoms with Gasteiger partial charge in [0.2, 0.25) is 0 Å². The first-order valence-electron chi connectivity index (χ1n) is 7.58. The predicted octanol–water partition coefficient (Wildman–Crippen LogP) is 1.57. The number of benzene rings is 1. The van der Waals surface area contributed by atoms with Crippen LogP contribution in [-0.4, -0.2) is 45.1 Å². The Hall–Kier alpha value is -2.90. The minimum absolute atomic E-state index is 0.105. The number of ether oxygens (including phenoxy) is 1. The number of rotatable bonds is 7. The second kappa shape index (κ2) is 7.58. The third-order valence-electron chi connectivity index (χ3n) is 3.61. The highest BCUT2D eigenvalue weighted by Gasteiger charge is 2.23. The topological polar surface area (TPSA) is 106 Å². The highest BCUT2D eigenvalue weighted by molar-refractivity contribution is 5.95. The zero-order valence-corrected chi connectivity index (χ0v) is 13.8. The zero-order chi connectivity index (χ0) is 17.7. The van der Waals surface area contributed by atoms with Crippen molar-refractivity contribution in [3.05, 3.63) is 35.7 Å². The van der Waals surface area contributed by atoms with Gasteiger partial charge in [0.15, 0.2) is 5.69 Å². The summed E-state index contributed by atoms with van der Waals surface area (Å²) in [5, 5.41) is 19.5. The van der Waals surface area contributed by atoms with Gasteiger partial charge in [0.1, 0.15) is 11.8 Å². The van der Waals surface area contributed by atoms with E-state index in [1.165, 1.54) is 4.68 Å². The lowest BCUT2D eigenvalue weighted by molar-refractivity contribution is -0.139. The number of carbonyl (C=O) groups excluding carboxylic acids is 1. The number of amides is 1. The van der Waals surface area contributed by atoms with Crippen molar-refractivity contribution in [2.45, 2.75) is 32.7 Å². The lowest BCUT2D eigenvalue weighted by Gasteiger charge is -2.12. The van der Waals surface area contributed by atoms with Gasteiger partial charge >= 0.3 is 5.97 Å². The molecule has 0 saturated heterocycles. The smallest absolute Gasteiger partial charge is 0.326 e. The van der Waals surface area contributed by atoms with Crippen molar-refractivity contribution in [3.63, 3.8) is 0 Å². The monoisotopic (exact) mass is 332 g/mol. The van der Waals surface area contributed by atoms with E-state index in [0.29, 0.717) is 24.3 Å². The van der Waals surface area contributed by atoms with Gasteiger partial charge in [0.25, 0.3) is 5.91 Å². The second-order valence-corrected chi connectivity index (χ2v) is 5.29. The highest BCUT2D eigenvalue weighted by atomic mass is 16.5. The van der Waals surface area contributed by atoms with Crippen LogP contribution in [0.2, 0.25) is 0 Å². The molecule has 2 N–H and O–H groups in total. The third-order valence-corrected chi connectivity index (χ3v) is 3.61. The van der Waals surface area contributed by atoms with Crippen LogP contribution >= 0.6 is 0 Å². The van der Waals surface area contributed by atoms with Crippen LogP contribution in [-0.2, 0) is 4.79 Å². The van der Waals surface area contributed by atoms with E-state index in [-0.39, 0.29) is 5.69 Å². The number of carbonyl (C=O) groups is 2. The maximum atomic E-state index is 12.3. The molecule has 1 unspecified atom stereocenters. The Labute approximate surface area is 139 Å². The summed E-state index contributed by atoms with van der Waals surface area (Å²) in [5.74, 6) is -0.906. The number of aromatic nitrogens is 3. The van der Waals surface area contributed by atoms with E-state index in [1.54, 1.807) is 38.3 Å². The molecule has 0 aliphatic carbocycles. The first kappa shape index (κ1) is 17.5. The maximum Gasteiger partial charge on any atom is 0.326 e. The SMILES string of the molecule is CCCC(NC(=O)c1nnn(-c2ccc(OC)cc2)c1C)C(=O)O. The standard InChI is InChI=1S/C16H20N4O4/c1-4-5-13(16(22)23)17-15(21)14-10(2)20(19-18-14)11-6-8-12(24-3)9-7-11/h6-9,13H,4-5H2,1-3H3,(H,17,21)(H,22,23). The van der Waals surface area contributed by atoms with Crippen molar-refractivity contribution in [2.75, 3.05) is 7.11 Å². The molecule has 128 valence electrons. The van der Waals surface area contributed by atoms with Crippen molar-refractivity contribution < 1.29 is 19.4 Å². The van der Waals surface area contributed by atoms with Crippen molar-refractivity contribution in [3.8, 4) is 11.4 Å². The van der Waals surface area contributed by atoms with E-state index < -0.39 is 17.9 Å². The summed E-state index contributed by atoms with van der Waals surface area (Å²) in [5.41, 5.74) is 1.36. The minimum atomic E-state index is -1.06. The van der Waals surface area contributed by atoms with Crippen LogP contribution < -0.4 is 10.1 Å². The molecule has 1 aromatic heterocycles. The third kappa shape index (κ3) is 3.70. The zero-order valence-electron chi connectivity index (χ0n) is 13.8. The molecular weight excluding hydrogens is 312 g/mol. The predicted molar refractivity (Wildman–Crippen MR) is 86.4 cm³/mol. The van der Waals surface area contributed by atoms with E-state index in [1.807, 2.05) is 6.92 Å². The first-order chi connectivity index (χ1) is 11.5. The van der Waals surface area contributed by atoms with Gasteiger partial charge in [0.05, 0.1) is 18.5 Å². The molecule has 1 atom stereocenters. The van der Waals surface area contributed by atoms with Crippen molar-refractivity contribution in [1.82, 2.24) is 20.3 Å². The molecule has 0 saturated carbocycles. The van der Waals surface area contributed by atoms with E-state index in [0.717, 1.165) is 5.69 Å². The molecule has 1 heterocycles. The van der Waals surface area contributed by atoms with Gasteiger partial charge in [-0.3, -0.25) is 4.79 Å². The molecule has 24 heavy (non-hydrogen) atoms. The Morgan fingerprint density at radius 1 is 1.33 bits per heavy atom. The largest absolute Gasteiger partial charge is 0.497 e. The molecule has 0 aliphatic rings. The molecule has 1 aromatic carbocycles. The van der Waals surface area contributed by atoms with Crippen LogP contribution in [0.15, 0.2) is 24.3 Å². The number of methoxy groups -OCH3 is 1. The summed E-state index contributed by atoms with van der Waals surface area (Å²) in [6, 6.07) is 6.20. The summed E-state index contributed by atoms with van der Waals surface area (Å²) in [4.78, 5) is 23.5. The van der Waals surface area contributed by atoms with E-state index in [9.17, 15) is 9.59 Å². The van der Waals surface area contributed by atoms with Gasteiger partial charge < -0.3 is 15.2 Å². The Morgan fingerprint density at radius 3 is 2.54 bits per heavy atom. The summed E-state index contributed by atoms with van der Waals surface area (Å²) >= 11 is 0. The Morgan fingerprint density at radius 2 is 2.00 bits per heavy atom. The highest BCUT2D eigenvalue weighted by Crippen LogP contribution is 2.16. The summed E-state index contributed by atoms with van der Waals surface area (Å²) in [7, 11) is 1.58. The Kier molecular flexibility index (Phi) is 5.51. The van der Waals surface area contributed by atoms with Gasteiger partial charge in [0, 0.05) is 0 Å². The normalized spacial score (nSPS) is 11.8. The van der Waals surface area contributed by atoms with Crippen LogP contribution in [0.1, 0.15) is 35.9 Å².